The highest BCUT2D eigenvalue weighted by atomic mass is 19.1. The van der Waals surface area contributed by atoms with E-state index in [-0.39, 0.29) is 5.82 Å². The molecular weight excluding hydrogens is 251 g/mol. The monoisotopic (exact) mass is 278 g/mol. The smallest absolute Gasteiger partial charge is 0.126 e. The summed E-state index contributed by atoms with van der Waals surface area (Å²) in [7, 11) is 0. The van der Waals surface area contributed by atoms with Crippen LogP contribution in [0.2, 0.25) is 0 Å². The predicted octanol–water partition coefficient (Wildman–Crippen LogP) is 3.35. The van der Waals surface area contributed by atoms with Gasteiger partial charge in [0.05, 0.1) is 0 Å². The molecule has 2 nitrogen and oxygen atoms in total. The fourth-order valence-electron chi connectivity index (χ4n) is 2.99. The summed E-state index contributed by atoms with van der Waals surface area (Å²) in [6, 6.07) is 5.63. The third-order valence-electron chi connectivity index (χ3n) is 4.10. The largest absolute Gasteiger partial charge is 0.316 e. The van der Waals surface area contributed by atoms with E-state index >= 15 is 0 Å². The van der Waals surface area contributed by atoms with Crippen molar-refractivity contribution in [3.8, 4) is 0 Å². The van der Waals surface area contributed by atoms with Gasteiger partial charge >= 0.3 is 0 Å². The first-order valence-electron chi connectivity index (χ1n) is 7.87. The van der Waals surface area contributed by atoms with Crippen molar-refractivity contribution in [2.45, 2.75) is 39.7 Å². The molecule has 0 amide bonds. The van der Waals surface area contributed by atoms with Crippen molar-refractivity contribution < 1.29 is 4.39 Å². The summed E-state index contributed by atoms with van der Waals surface area (Å²) >= 11 is 0. The molecule has 0 aromatic heterocycles. The van der Waals surface area contributed by atoms with Crippen molar-refractivity contribution in [1.82, 2.24) is 10.2 Å². The highest BCUT2D eigenvalue weighted by molar-refractivity contribution is 5.23. The summed E-state index contributed by atoms with van der Waals surface area (Å²) < 4.78 is 13.6. The molecule has 2 rings (SSSR count). The molecule has 1 atom stereocenters. The zero-order valence-electron chi connectivity index (χ0n) is 12.8. The van der Waals surface area contributed by atoms with Crippen molar-refractivity contribution in [3.05, 3.63) is 35.1 Å². The number of nitrogens with zero attached hydrogens (tertiary/aromatic N) is 1. The van der Waals surface area contributed by atoms with E-state index in [0.29, 0.717) is 0 Å². The average molecular weight is 278 g/mol. The van der Waals surface area contributed by atoms with Gasteiger partial charge in [0.15, 0.2) is 0 Å². The Labute approximate surface area is 122 Å². The molecule has 20 heavy (non-hydrogen) atoms. The summed E-state index contributed by atoms with van der Waals surface area (Å²) in [6.07, 6.45) is 3.74. The molecule has 1 fully saturated rings. The van der Waals surface area contributed by atoms with Gasteiger partial charge < -0.3 is 5.32 Å². The summed E-state index contributed by atoms with van der Waals surface area (Å²) in [5.41, 5.74) is 1.82. The third kappa shape index (κ3) is 4.57. The number of hydrogen-bond acceptors (Lipinski definition) is 2. The molecule has 0 spiro atoms. The molecule has 1 saturated heterocycles. The first kappa shape index (κ1) is 15.5. The number of nitrogens with one attached hydrogen (secondary N) is 1. The summed E-state index contributed by atoms with van der Waals surface area (Å²) in [6.45, 7) is 9.39. The van der Waals surface area contributed by atoms with E-state index in [0.717, 1.165) is 56.2 Å². The van der Waals surface area contributed by atoms with Crippen molar-refractivity contribution >= 4 is 0 Å². The number of hydrogen-bond donors (Lipinski definition) is 1. The third-order valence-corrected chi connectivity index (χ3v) is 4.10. The number of rotatable bonds is 6. The second-order valence-corrected chi connectivity index (χ2v) is 6.03. The molecule has 1 aromatic rings. The van der Waals surface area contributed by atoms with E-state index in [2.05, 4.69) is 23.2 Å². The Morgan fingerprint density at radius 3 is 2.90 bits per heavy atom. The van der Waals surface area contributed by atoms with Crippen molar-refractivity contribution in [1.29, 1.82) is 0 Å². The van der Waals surface area contributed by atoms with Gasteiger partial charge in [-0.05, 0) is 68.9 Å². The van der Waals surface area contributed by atoms with Gasteiger partial charge in [-0.25, -0.2) is 4.39 Å². The van der Waals surface area contributed by atoms with Crippen LogP contribution in [-0.2, 0) is 6.54 Å². The number of benzene rings is 1. The van der Waals surface area contributed by atoms with Crippen LogP contribution in [0.4, 0.5) is 4.39 Å². The van der Waals surface area contributed by atoms with E-state index in [1.807, 2.05) is 13.0 Å². The Hall–Kier alpha value is -0.930. The molecule has 0 aliphatic carbocycles. The summed E-state index contributed by atoms with van der Waals surface area (Å²) in [4.78, 5) is 2.47. The fourth-order valence-corrected chi connectivity index (χ4v) is 2.99. The van der Waals surface area contributed by atoms with Gasteiger partial charge in [0.25, 0.3) is 0 Å². The maximum absolute atomic E-state index is 13.6. The Balaban J connectivity index is 1.94. The summed E-state index contributed by atoms with van der Waals surface area (Å²) in [5.74, 6) is 0.656. The lowest BCUT2D eigenvalue weighted by molar-refractivity contribution is 0.201. The molecule has 1 aliphatic heterocycles. The van der Waals surface area contributed by atoms with E-state index in [1.165, 1.54) is 12.8 Å². The van der Waals surface area contributed by atoms with Crippen LogP contribution in [-0.4, -0.2) is 31.1 Å². The number of aryl methyl sites for hydroxylation is 1. The minimum atomic E-state index is -0.0849. The molecule has 1 N–H and O–H groups in total. The SMILES string of the molecule is CCCN(Cc1ccc(C)c(F)c1)CC1CCCNC1. The van der Waals surface area contributed by atoms with Gasteiger partial charge in [0.2, 0.25) is 0 Å². The molecule has 112 valence electrons. The van der Waals surface area contributed by atoms with Crippen LogP contribution in [0.25, 0.3) is 0 Å². The highest BCUT2D eigenvalue weighted by Gasteiger charge is 2.17. The van der Waals surface area contributed by atoms with E-state index in [1.54, 1.807) is 6.07 Å². The lowest BCUT2D eigenvalue weighted by atomic mass is 9.98. The Bertz CT molecular complexity index is 413. The maximum Gasteiger partial charge on any atom is 0.126 e. The number of piperidine rings is 1. The van der Waals surface area contributed by atoms with Gasteiger partial charge in [-0.15, -0.1) is 0 Å². The Morgan fingerprint density at radius 1 is 1.40 bits per heavy atom. The minimum absolute atomic E-state index is 0.0849. The highest BCUT2D eigenvalue weighted by Crippen LogP contribution is 2.16. The molecule has 3 heteroatoms. The van der Waals surface area contributed by atoms with Crippen LogP contribution >= 0.6 is 0 Å². The molecule has 1 unspecified atom stereocenters. The first-order chi connectivity index (χ1) is 9.69. The van der Waals surface area contributed by atoms with E-state index in [9.17, 15) is 4.39 Å². The van der Waals surface area contributed by atoms with Crippen molar-refractivity contribution in [2.24, 2.45) is 5.92 Å². The lowest BCUT2D eigenvalue weighted by Crippen LogP contribution is -2.38. The van der Waals surface area contributed by atoms with Gasteiger partial charge in [0, 0.05) is 13.1 Å². The molecule has 1 aromatic carbocycles. The van der Waals surface area contributed by atoms with E-state index < -0.39 is 0 Å². The first-order valence-corrected chi connectivity index (χ1v) is 7.87. The second kappa shape index (κ2) is 7.75. The van der Waals surface area contributed by atoms with Crippen LogP contribution in [0.5, 0.6) is 0 Å². The van der Waals surface area contributed by atoms with Crippen LogP contribution in [0.3, 0.4) is 0 Å². The standard InChI is InChI=1S/C17H27FN2/c1-3-9-20(13-16-5-4-8-19-11-16)12-15-7-6-14(2)17(18)10-15/h6-7,10,16,19H,3-5,8-9,11-13H2,1-2H3. The van der Waals surface area contributed by atoms with Gasteiger partial charge in [-0.3, -0.25) is 4.90 Å². The zero-order valence-corrected chi connectivity index (χ0v) is 12.8. The Kier molecular flexibility index (Phi) is 5.99. The zero-order chi connectivity index (χ0) is 14.4. The topological polar surface area (TPSA) is 15.3 Å². The van der Waals surface area contributed by atoms with Crippen molar-refractivity contribution in [3.63, 3.8) is 0 Å². The molecule has 1 aliphatic rings. The van der Waals surface area contributed by atoms with Gasteiger partial charge in [0.1, 0.15) is 5.82 Å². The van der Waals surface area contributed by atoms with Gasteiger partial charge in [-0.1, -0.05) is 19.1 Å². The summed E-state index contributed by atoms with van der Waals surface area (Å²) in [5, 5.41) is 3.48. The Morgan fingerprint density at radius 2 is 2.25 bits per heavy atom. The molecular formula is C17H27FN2. The van der Waals surface area contributed by atoms with Crippen LogP contribution < -0.4 is 5.32 Å². The molecule has 0 radical (unpaired) electrons. The van der Waals surface area contributed by atoms with Crippen LogP contribution in [0.15, 0.2) is 18.2 Å². The maximum atomic E-state index is 13.6. The quantitative estimate of drug-likeness (QED) is 0.858. The second-order valence-electron chi connectivity index (χ2n) is 6.03. The van der Waals surface area contributed by atoms with Crippen LogP contribution in [0.1, 0.15) is 37.3 Å². The van der Waals surface area contributed by atoms with Crippen molar-refractivity contribution in [2.75, 3.05) is 26.2 Å². The average Bonchev–Trinajstić information content (AvgIpc) is 2.44. The van der Waals surface area contributed by atoms with E-state index in [4.69, 9.17) is 0 Å². The number of halogens is 1. The lowest BCUT2D eigenvalue weighted by Gasteiger charge is -2.30. The fraction of sp³-hybridized carbons (Fsp3) is 0.647. The van der Waals surface area contributed by atoms with Gasteiger partial charge in [-0.2, -0.15) is 0 Å². The molecule has 1 heterocycles. The molecule has 0 saturated carbocycles. The minimum Gasteiger partial charge on any atom is -0.316 e. The predicted molar refractivity (Wildman–Crippen MR) is 82.3 cm³/mol. The van der Waals surface area contributed by atoms with Crippen LogP contribution in [0, 0.1) is 18.7 Å². The normalized spacial score (nSPS) is 19.5. The molecule has 0 bridgehead atoms.